The van der Waals surface area contributed by atoms with Crippen LogP contribution >= 0.6 is 39.1 Å². The topological polar surface area (TPSA) is 9.23 Å². The van der Waals surface area contributed by atoms with Gasteiger partial charge in [-0.1, -0.05) is 71.9 Å². The summed E-state index contributed by atoms with van der Waals surface area (Å²) in [7, 11) is 0. The van der Waals surface area contributed by atoms with Gasteiger partial charge in [0.1, 0.15) is 0 Å². The highest BCUT2D eigenvalue weighted by molar-refractivity contribution is 9.09. The van der Waals surface area contributed by atoms with Crippen molar-refractivity contribution in [3.63, 3.8) is 0 Å². The molecule has 0 heterocycles. The molecule has 0 saturated heterocycles. The van der Waals surface area contributed by atoms with Gasteiger partial charge in [0.15, 0.2) is 5.75 Å². The van der Waals surface area contributed by atoms with Gasteiger partial charge in [-0.2, -0.15) is 0 Å². The smallest absolute Gasteiger partial charge is 0.156 e. The molecule has 0 atom stereocenters. The van der Waals surface area contributed by atoms with Crippen LogP contribution in [0.25, 0.3) is 0 Å². The Kier molecular flexibility index (Phi) is 7.56. The molecule has 0 fully saturated rings. The molecule has 4 heteroatoms. The van der Waals surface area contributed by atoms with Gasteiger partial charge in [-0.25, -0.2) is 0 Å². The van der Waals surface area contributed by atoms with E-state index in [-0.39, 0.29) is 5.41 Å². The van der Waals surface area contributed by atoms with Gasteiger partial charge in [-0.15, -0.1) is 0 Å². The Labute approximate surface area is 134 Å². The molecule has 0 aliphatic rings. The second-order valence-corrected chi connectivity index (χ2v) is 6.35. The SMILES string of the molecule is CCCC(CBr)(CCC)COc1c(Cl)cccc1Cl. The highest BCUT2D eigenvalue weighted by Gasteiger charge is 2.28. The number of hydrogen-bond donors (Lipinski definition) is 0. The van der Waals surface area contributed by atoms with Crippen molar-refractivity contribution in [2.24, 2.45) is 5.41 Å². The highest BCUT2D eigenvalue weighted by atomic mass is 79.9. The molecule has 1 aromatic carbocycles. The van der Waals surface area contributed by atoms with Gasteiger partial charge in [-0.05, 0) is 25.0 Å². The van der Waals surface area contributed by atoms with E-state index < -0.39 is 0 Å². The molecule has 19 heavy (non-hydrogen) atoms. The second-order valence-electron chi connectivity index (χ2n) is 4.97. The van der Waals surface area contributed by atoms with Crippen molar-refractivity contribution in [2.75, 3.05) is 11.9 Å². The molecule has 108 valence electrons. The predicted molar refractivity (Wildman–Crippen MR) is 88.0 cm³/mol. The lowest BCUT2D eigenvalue weighted by Gasteiger charge is -2.31. The third-order valence-electron chi connectivity index (χ3n) is 3.29. The minimum atomic E-state index is 0.159. The van der Waals surface area contributed by atoms with Crippen LogP contribution < -0.4 is 4.74 Å². The third-order valence-corrected chi connectivity index (χ3v) is 5.07. The first-order chi connectivity index (χ1) is 9.08. The van der Waals surface area contributed by atoms with E-state index in [9.17, 15) is 0 Å². The van der Waals surface area contributed by atoms with E-state index in [4.69, 9.17) is 27.9 Å². The number of halogens is 3. The van der Waals surface area contributed by atoms with E-state index in [1.54, 1.807) is 12.1 Å². The molecule has 0 aliphatic carbocycles. The lowest BCUT2D eigenvalue weighted by molar-refractivity contribution is 0.144. The average molecular weight is 368 g/mol. The number of para-hydroxylation sites is 1. The molecule has 0 radical (unpaired) electrons. The molecule has 1 nitrogen and oxygen atoms in total. The Balaban J connectivity index is 2.80. The zero-order valence-electron chi connectivity index (χ0n) is 11.5. The summed E-state index contributed by atoms with van der Waals surface area (Å²) in [5.41, 5.74) is 0.159. The van der Waals surface area contributed by atoms with E-state index in [1.165, 1.54) is 0 Å². The number of benzene rings is 1. The van der Waals surface area contributed by atoms with Crippen molar-refractivity contribution < 1.29 is 4.74 Å². The Hall–Kier alpha value is 0.0800. The maximum atomic E-state index is 6.13. The second kappa shape index (κ2) is 8.39. The standard InChI is InChI=1S/C15H21BrCl2O/c1-3-8-15(10-16,9-4-2)11-19-14-12(17)6-5-7-13(14)18/h5-7H,3-4,8-11H2,1-2H3. The summed E-state index contributed by atoms with van der Waals surface area (Å²) < 4.78 is 5.94. The molecule has 0 bridgehead atoms. The summed E-state index contributed by atoms with van der Waals surface area (Å²) in [5.74, 6) is 0.600. The summed E-state index contributed by atoms with van der Waals surface area (Å²) in [5, 5.41) is 2.08. The summed E-state index contributed by atoms with van der Waals surface area (Å²) in [4.78, 5) is 0. The molecule has 0 aliphatic heterocycles. The maximum absolute atomic E-state index is 6.13. The van der Waals surface area contributed by atoms with Crippen molar-refractivity contribution in [3.8, 4) is 5.75 Å². The van der Waals surface area contributed by atoms with Crippen LogP contribution in [0, 0.1) is 5.41 Å². The first-order valence-electron chi connectivity index (χ1n) is 6.71. The maximum Gasteiger partial charge on any atom is 0.156 e. The van der Waals surface area contributed by atoms with Crippen molar-refractivity contribution >= 4 is 39.1 Å². The van der Waals surface area contributed by atoms with Crippen LogP contribution in [0.5, 0.6) is 5.75 Å². The van der Waals surface area contributed by atoms with E-state index in [0.29, 0.717) is 22.4 Å². The van der Waals surface area contributed by atoms with E-state index >= 15 is 0 Å². The van der Waals surface area contributed by atoms with Gasteiger partial charge in [0.2, 0.25) is 0 Å². The Bertz CT molecular complexity index is 369. The normalized spacial score (nSPS) is 11.6. The number of ether oxygens (including phenoxy) is 1. The van der Waals surface area contributed by atoms with Gasteiger partial charge in [-0.3, -0.25) is 0 Å². The van der Waals surface area contributed by atoms with Gasteiger partial charge in [0.05, 0.1) is 16.7 Å². The molecular formula is C15H21BrCl2O. The quantitative estimate of drug-likeness (QED) is 0.486. The number of hydrogen-bond acceptors (Lipinski definition) is 1. The van der Waals surface area contributed by atoms with Gasteiger partial charge < -0.3 is 4.74 Å². The summed E-state index contributed by atoms with van der Waals surface area (Å²) >= 11 is 15.9. The van der Waals surface area contributed by atoms with Gasteiger partial charge >= 0.3 is 0 Å². The molecule has 0 N–H and O–H groups in total. The van der Waals surface area contributed by atoms with Gasteiger partial charge in [0.25, 0.3) is 0 Å². The average Bonchev–Trinajstić information content (AvgIpc) is 2.38. The lowest BCUT2D eigenvalue weighted by Crippen LogP contribution is -2.30. The zero-order chi connectivity index (χ0) is 14.3. The van der Waals surface area contributed by atoms with Crippen LogP contribution in [-0.2, 0) is 0 Å². The third kappa shape index (κ3) is 4.84. The molecule has 0 amide bonds. The molecule has 0 unspecified atom stereocenters. The first kappa shape index (κ1) is 17.1. The largest absolute Gasteiger partial charge is 0.490 e. The van der Waals surface area contributed by atoms with E-state index in [2.05, 4.69) is 29.8 Å². The van der Waals surface area contributed by atoms with Crippen LogP contribution in [0.2, 0.25) is 10.0 Å². The van der Waals surface area contributed by atoms with E-state index in [0.717, 1.165) is 31.0 Å². The fourth-order valence-electron chi connectivity index (χ4n) is 2.35. The van der Waals surface area contributed by atoms with Crippen LogP contribution in [0.15, 0.2) is 18.2 Å². The van der Waals surface area contributed by atoms with Crippen molar-refractivity contribution in [2.45, 2.75) is 39.5 Å². The molecule has 0 spiro atoms. The van der Waals surface area contributed by atoms with Crippen molar-refractivity contribution in [1.82, 2.24) is 0 Å². The zero-order valence-corrected chi connectivity index (χ0v) is 14.6. The summed E-state index contributed by atoms with van der Waals surface area (Å²) in [6.45, 7) is 5.05. The first-order valence-corrected chi connectivity index (χ1v) is 8.59. The predicted octanol–water partition coefficient (Wildman–Crippen LogP) is 6.35. The monoisotopic (exact) mass is 366 g/mol. The minimum Gasteiger partial charge on any atom is -0.490 e. The molecular weight excluding hydrogens is 347 g/mol. The van der Waals surface area contributed by atoms with E-state index in [1.807, 2.05) is 6.07 Å². The molecule has 1 rings (SSSR count). The summed E-state index contributed by atoms with van der Waals surface area (Å²) in [6, 6.07) is 5.43. The summed E-state index contributed by atoms with van der Waals surface area (Å²) in [6.07, 6.45) is 4.55. The van der Waals surface area contributed by atoms with Crippen molar-refractivity contribution in [3.05, 3.63) is 28.2 Å². The van der Waals surface area contributed by atoms with Crippen LogP contribution in [0.1, 0.15) is 39.5 Å². The van der Waals surface area contributed by atoms with Crippen LogP contribution in [0.3, 0.4) is 0 Å². The molecule has 0 saturated carbocycles. The minimum absolute atomic E-state index is 0.159. The fraction of sp³-hybridized carbons (Fsp3) is 0.600. The van der Waals surface area contributed by atoms with Crippen molar-refractivity contribution in [1.29, 1.82) is 0 Å². The van der Waals surface area contributed by atoms with Crippen LogP contribution in [-0.4, -0.2) is 11.9 Å². The molecule has 1 aromatic rings. The molecule has 0 aromatic heterocycles. The highest BCUT2D eigenvalue weighted by Crippen LogP contribution is 2.37. The Morgan fingerprint density at radius 1 is 1.11 bits per heavy atom. The fourth-order valence-corrected chi connectivity index (χ4v) is 3.58. The Morgan fingerprint density at radius 3 is 2.05 bits per heavy atom. The Morgan fingerprint density at radius 2 is 1.63 bits per heavy atom. The van der Waals surface area contributed by atoms with Crippen LogP contribution in [0.4, 0.5) is 0 Å². The number of alkyl halides is 1. The lowest BCUT2D eigenvalue weighted by atomic mass is 9.82. The van der Waals surface area contributed by atoms with Gasteiger partial charge in [0, 0.05) is 10.7 Å². The number of rotatable bonds is 8.